The van der Waals surface area contributed by atoms with E-state index in [1.165, 1.54) is 12.1 Å². The first kappa shape index (κ1) is 13.1. The molecule has 96 valence electrons. The van der Waals surface area contributed by atoms with Crippen LogP contribution in [0.1, 0.15) is 10.4 Å². The van der Waals surface area contributed by atoms with Crippen LogP contribution < -0.4 is 9.97 Å². The molecule has 19 heavy (non-hydrogen) atoms. The highest BCUT2D eigenvalue weighted by atomic mass is 16.6. The Kier molecular flexibility index (Phi) is 4.17. The third-order valence-electron chi connectivity index (χ3n) is 2.39. The molecule has 0 saturated heterocycles. The standard InChI is InChI=1S/C13H12BNO4/c16-13(10-4-2-1-3-5-10)15-11-6-8-12(9-7-11)19-14(17)18/h1-9,17-18H,(H,15,16). The minimum absolute atomic E-state index is 0.212. The molecular weight excluding hydrogens is 245 g/mol. The number of hydrogen-bond donors (Lipinski definition) is 3. The molecule has 0 fully saturated rings. The summed E-state index contributed by atoms with van der Waals surface area (Å²) in [5.74, 6) is 0.0872. The Morgan fingerprint density at radius 2 is 1.63 bits per heavy atom. The zero-order valence-corrected chi connectivity index (χ0v) is 9.98. The van der Waals surface area contributed by atoms with E-state index in [1.807, 2.05) is 6.07 Å². The largest absolute Gasteiger partial charge is 0.707 e. The number of amides is 1. The average Bonchev–Trinajstić information content (AvgIpc) is 2.41. The Morgan fingerprint density at radius 1 is 1.00 bits per heavy atom. The van der Waals surface area contributed by atoms with Crippen LogP contribution in [0.5, 0.6) is 5.75 Å². The van der Waals surface area contributed by atoms with Crippen LogP contribution in [0, 0.1) is 0 Å². The van der Waals surface area contributed by atoms with Gasteiger partial charge in [-0.05, 0) is 36.4 Å². The van der Waals surface area contributed by atoms with Crippen molar-refractivity contribution >= 4 is 18.9 Å². The fourth-order valence-corrected chi connectivity index (χ4v) is 1.53. The molecule has 2 aromatic carbocycles. The van der Waals surface area contributed by atoms with Crippen LogP contribution in [0.3, 0.4) is 0 Å². The molecular formula is C13H12BNO4. The molecule has 0 aliphatic carbocycles. The number of benzene rings is 2. The molecule has 6 heteroatoms. The van der Waals surface area contributed by atoms with Gasteiger partial charge in [0, 0.05) is 11.3 Å². The lowest BCUT2D eigenvalue weighted by atomic mass is 10.2. The molecule has 1 amide bonds. The maximum absolute atomic E-state index is 11.9. The second kappa shape index (κ2) is 6.04. The Hall–Kier alpha value is -2.31. The quantitative estimate of drug-likeness (QED) is 0.721. The predicted octanol–water partition coefficient (Wildman–Crippen LogP) is 1.29. The summed E-state index contributed by atoms with van der Waals surface area (Å²) < 4.78 is 4.66. The van der Waals surface area contributed by atoms with Gasteiger partial charge in [0.25, 0.3) is 5.91 Å². The summed E-state index contributed by atoms with van der Waals surface area (Å²) in [6.45, 7) is 0. The first-order chi connectivity index (χ1) is 9.15. The number of carbonyl (C=O) groups is 1. The molecule has 0 spiro atoms. The van der Waals surface area contributed by atoms with Gasteiger partial charge in [-0.2, -0.15) is 0 Å². The van der Waals surface area contributed by atoms with E-state index in [0.29, 0.717) is 17.0 Å². The number of hydrogen-bond acceptors (Lipinski definition) is 4. The van der Waals surface area contributed by atoms with Crippen LogP contribution in [0.2, 0.25) is 0 Å². The van der Waals surface area contributed by atoms with Crippen molar-refractivity contribution in [3.8, 4) is 5.75 Å². The van der Waals surface area contributed by atoms with Gasteiger partial charge in [0.1, 0.15) is 5.75 Å². The topological polar surface area (TPSA) is 78.8 Å². The molecule has 0 aliphatic rings. The minimum atomic E-state index is -1.86. The molecule has 0 atom stereocenters. The lowest BCUT2D eigenvalue weighted by molar-refractivity contribution is 0.102. The third-order valence-corrected chi connectivity index (χ3v) is 2.39. The van der Waals surface area contributed by atoms with Crippen LogP contribution >= 0.6 is 0 Å². The van der Waals surface area contributed by atoms with Gasteiger partial charge in [0.15, 0.2) is 0 Å². The van der Waals surface area contributed by atoms with Crippen molar-refractivity contribution in [1.29, 1.82) is 0 Å². The molecule has 0 bridgehead atoms. The molecule has 0 saturated carbocycles. The summed E-state index contributed by atoms with van der Waals surface area (Å²) in [7, 11) is -1.86. The summed E-state index contributed by atoms with van der Waals surface area (Å²) in [4.78, 5) is 11.9. The zero-order valence-electron chi connectivity index (χ0n) is 9.98. The third kappa shape index (κ3) is 3.84. The first-order valence-electron chi connectivity index (χ1n) is 5.64. The second-order valence-corrected chi connectivity index (χ2v) is 3.79. The Labute approximate surface area is 110 Å². The molecule has 2 rings (SSSR count). The van der Waals surface area contributed by atoms with Gasteiger partial charge in [0.2, 0.25) is 0 Å². The summed E-state index contributed by atoms with van der Waals surface area (Å²) in [6.07, 6.45) is 0. The van der Waals surface area contributed by atoms with Gasteiger partial charge in [-0.3, -0.25) is 4.79 Å². The highest BCUT2D eigenvalue weighted by Crippen LogP contribution is 2.16. The van der Waals surface area contributed by atoms with Crippen molar-refractivity contribution in [3.63, 3.8) is 0 Å². The van der Waals surface area contributed by atoms with Crippen molar-refractivity contribution in [2.45, 2.75) is 0 Å². The van der Waals surface area contributed by atoms with E-state index in [9.17, 15) is 4.79 Å². The molecule has 3 N–H and O–H groups in total. The number of nitrogens with one attached hydrogen (secondary N) is 1. The van der Waals surface area contributed by atoms with E-state index in [4.69, 9.17) is 10.0 Å². The minimum Gasteiger partial charge on any atom is -0.512 e. The fourth-order valence-electron chi connectivity index (χ4n) is 1.53. The van der Waals surface area contributed by atoms with Crippen molar-refractivity contribution < 1.29 is 19.5 Å². The van der Waals surface area contributed by atoms with Crippen LogP contribution in [0.4, 0.5) is 5.69 Å². The Morgan fingerprint density at radius 3 is 2.21 bits per heavy atom. The van der Waals surface area contributed by atoms with Crippen LogP contribution in [-0.2, 0) is 0 Å². The van der Waals surface area contributed by atoms with Crippen molar-refractivity contribution in [2.75, 3.05) is 5.32 Å². The van der Waals surface area contributed by atoms with Gasteiger partial charge in [0.05, 0.1) is 0 Å². The smallest absolute Gasteiger partial charge is 0.512 e. The summed E-state index contributed by atoms with van der Waals surface area (Å²) >= 11 is 0. The number of rotatable bonds is 4. The summed E-state index contributed by atoms with van der Waals surface area (Å²) in [5, 5.41) is 20.0. The maximum atomic E-state index is 11.9. The summed E-state index contributed by atoms with van der Waals surface area (Å²) in [6, 6.07) is 15.1. The predicted molar refractivity (Wildman–Crippen MR) is 71.7 cm³/mol. The van der Waals surface area contributed by atoms with Crippen LogP contribution in [0.25, 0.3) is 0 Å². The van der Waals surface area contributed by atoms with Crippen molar-refractivity contribution in [1.82, 2.24) is 0 Å². The average molecular weight is 257 g/mol. The summed E-state index contributed by atoms with van der Waals surface area (Å²) in [5.41, 5.74) is 1.15. The Bertz CT molecular complexity index is 542. The van der Waals surface area contributed by atoms with Crippen LogP contribution in [0.15, 0.2) is 54.6 Å². The van der Waals surface area contributed by atoms with E-state index < -0.39 is 7.32 Å². The number of anilines is 1. The van der Waals surface area contributed by atoms with Crippen molar-refractivity contribution in [2.24, 2.45) is 0 Å². The normalized spacial score (nSPS) is 9.79. The highest BCUT2D eigenvalue weighted by molar-refractivity contribution is 6.33. The van der Waals surface area contributed by atoms with E-state index in [-0.39, 0.29) is 5.91 Å². The molecule has 0 heterocycles. The molecule has 0 radical (unpaired) electrons. The monoisotopic (exact) mass is 257 g/mol. The Balaban J connectivity index is 2.02. The lowest BCUT2D eigenvalue weighted by Gasteiger charge is -2.07. The lowest BCUT2D eigenvalue weighted by Crippen LogP contribution is -2.20. The molecule has 5 nitrogen and oxygen atoms in total. The van der Waals surface area contributed by atoms with Gasteiger partial charge < -0.3 is 20.0 Å². The SMILES string of the molecule is O=C(Nc1ccc(OB(O)O)cc1)c1ccccc1. The molecule has 2 aromatic rings. The molecule has 0 unspecified atom stereocenters. The highest BCUT2D eigenvalue weighted by Gasteiger charge is 2.11. The second-order valence-electron chi connectivity index (χ2n) is 3.79. The fraction of sp³-hybridized carbons (Fsp3) is 0. The zero-order chi connectivity index (χ0) is 13.7. The van der Waals surface area contributed by atoms with Gasteiger partial charge >= 0.3 is 7.32 Å². The molecule has 0 aromatic heterocycles. The van der Waals surface area contributed by atoms with E-state index in [1.54, 1.807) is 36.4 Å². The maximum Gasteiger partial charge on any atom is 0.707 e. The van der Waals surface area contributed by atoms with E-state index in [0.717, 1.165) is 0 Å². The van der Waals surface area contributed by atoms with Gasteiger partial charge in [-0.25, -0.2) is 0 Å². The van der Waals surface area contributed by atoms with E-state index >= 15 is 0 Å². The first-order valence-corrected chi connectivity index (χ1v) is 5.64. The van der Waals surface area contributed by atoms with Gasteiger partial charge in [-0.15, -0.1) is 0 Å². The van der Waals surface area contributed by atoms with Gasteiger partial charge in [-0.1, -0.05) is 18.2 Å². The number of carbonyl (C=O) groups excluding carboxylic acids is 1. The molecule has 0 aliphatic heterocycles. The van der Waals surface area contributed by atoms with Crippen LogP contribution in [-0.4, -0.2) is 23.3 Å². The van der Waals surface area contributed by atoms with Crippen molar-refractivity contribution in [3.05, 3.63) is 60.2 Å². The van der Waals surface area contributed by atoms with E-state index in [2.05, 4.69) is 9.97 Å².